The highest BCUT2D eigenvalue weighted by Gasteiger charge is 2.48. The van der Waals surface area contributed by atoms with E-state index in [1.54, 1.807) is 11.3 Å². The average Bonchev–Trinajstić information content (AvgIpc) is 2.63. The Morgan fingerprint density at radius 2 is 2.21 bits per heavy atom. The fourth-order valence-corrected chi connectivity index (χ4v) is 2.85. The fourth-order valence-electron chi connectivity index (χ4n) is 1.65. The molecule has 1 fully saturated rings. The predicted molar refractivity (Wildman–Crippen MR) is 58.4 cm³/mol. The molecule has 1 aliphatic rings. The molecular formula is C10H17N3S. The van der Waals surface area contributed by atoms with Crippen LogP contribution in [-0.2, 0) is 6.42 Å². The first-order valence-corrected chi connectivity index (χ1v) is 5.97. The quantitative estimate of drug-likeness (QED) is 0.828. The predicted octanol–water partition coefficient (Wildman–Crippen LogP) is 1.94. The van der Waals surface area contributed by atoms with Gasteiger partial charge in [0.25, 0.3) is 0 Å². The van der Waals surface area contributed by atoms with Crippen LogP contribution in [0.15, 0.2) is 0 Å². The lowest BCUT2D eigenvalue weighted by Crippen LogP contribution is -1.99. The highest BCUT2D eigenvalue weighted by atomic mass is 32.1. The maximum atomic E-state index is 5.45. The summed E-state index contributed by atoms with van der Waals surface area (Å²) < 4.78 is 0. The molecule has 3 nitrogen and oxygen atoms in total. The summed E-state index contributed by atoms with van der Waals surface area (Å²) in [7, 11) is 0. The summed E-state index contributed by atoms with van der Waals surface area (Å²) >= 11 is 1.77. The van der Waals surface area contributed by atoms with Crippen LogP contribution in [-0.4, -0.2) is 16.7 Å². The van der Waals surface area contributed by atoms with Gasteiger partial charge in [-0.1, -0.05) is 13.8 Å². The van der Waals surface area contributed by atoms with Crippen LogP contribution in [0.1, 0.15) is 42.6 Å². The van der Waals surface area contributed by atoms with Gasteiger partial charge in [-0.2, -0.15) is 0 Å². The number of nitrogens with zero attached hydrogens (tertiary/aromatic N) is 2. The van der Waals surface area contributed by atoms with Crippen molar-refractivity contribution in [2.24, 2.45) is 11.1 Å². The van der Waals surface area contributed by atoms with E-state index in [1.807, 2.05) is 0 Å². The van der Waals surface area contributed by atoms with Crippen LogP contribution in [0.4, 0.5) is 0 Å². The molecule has 2 N–H and O–H groups in total. The molecule has 1 atom stereocenters. The summed E-state index contributed by atoms with van der Waals surface area (Å²) in [5.74, 6) is 0.659. The Morgan fingerprint density at radius 3 is 2.79 bits per heavy atom. The first-order chi connectivity index (χ1) is 6.63. The van der Waals surface area contributed by atoms with Crippen molar-refractivity contribution in [3.05, 3.63) is 10.0 Å². The number of hydrogen-bond acceptors (Lipinski definition) is 4. The van der Waals surface area contributed by atoms with Gasteiger partial charge >= 0.3 is 0 Å². The van der Waals surface area contributed by atoms with E-state index in [-0.39, 0.29) is 0 Å². The van der Waals surface area contributed by atoms with Gasteiger partial charge in [-0.25, -0.2) is 0 Å². The second kappa shape index (κ2) is 3.59. The number of rotatable bonds is 4. The van der Waals surface area contributed by atoms with Crippen molar-refractivity contribution in [3.8, 4) is 0 Å². The Kier molecular flexibility index (Phi) is 2.58. The monoisotopic (exact) mass is 211 g/mol. The maximum Gasteiger partial charge on any atom is 0.121 e. The lowest BCUT2D eigenvalue weighted by atomic mass is 10.1. The molecule has 1 aromatic heterocycles. The third kappa shape index (κ3) is 1.96. The van der Waals surface area contributed by atoms with Crippen molar-refractivity contribution < 1.29 is 0 Å². The van der Waals surface area contributed by atoms with Crippen LogP contribution in [0, 0.1) is 5.41 Å². The Labute approximate surface area is 88.7 Å². The highest BCUT2D eigenvalue weighted by Crippen LogP contribution is 2.58. The lowest BCUT2D eigenvalue weighted by Gasteiger charge is -1.96. The molecule has 1 aromatic rings. The number of nitrogens with two attached hydrogens (primary N) is 1. The van der Waals surface area contributed by atoms with E-state index in [9.17, 15) is 0 Å². The summed E-state index contributed by atoms with van der Waals surface area (Å²) in [6.07, 6.45) is 3.27. The molecule has 4 heteroatoms. The molecular weight excluding hydrogens is 194 g/mol. The van der Waals surface area contributed by atoms with Crippen molar-refractivity contribution >= 4 is 11.3 Å². The number of hydrogen-bond donors (Lipinski definition) is 1. The standard InChI is InChI=1S/C10H17N3S/c1-10(2)6-7(10)9-13-12-8(14-9)4-3-5-11/h7H,3-6,11H2,1-2H3. The molecule has 0 aliphatic heterocycles. The molecule has 0 saturated heterocycles. The molecule has 1 heterocycles. The Hall–Kier alpha value is -0.480. The van der Waals surface area contributed by atoms with Crippen molar-refractivity contribution in [1.29, 1.82) is 0 Å². The van der Waals surface area contributed by atoms with Gasteiger partial charge in [0.15, 0.2) is 0 Å². The van der Waals surface area contributed by atoms with Gasteiger partial charge in [0.1, 0.15) is 10.0 Å². The van der Waals surface area contributed by atoms with Crippen LogP contribution in [0.5, 0.6) is 0 Å². The van der Waals surface area contributed by atoms with Crippen molar-refractivity contribution in [3.63, 3.8) is 0 Å². The molecule has 1 aliphatic carbocycles. The minimum absolute atomic E-state index is 0.463. The molecule has 0 radical (unpaired) electrons. The van der Waals surface area contributed by atoms with E-state index in [0.717, 1.165) is 24.4 Å². The Bertz CT molecular complexity index is 319. The average molecular weight is 211 g/mol. The molecule has 0 aromatic carbocycles. The molecule has 14 heavy (non-hydrogen) atoms. The van der Waals surface area contributed by atoms with Gasteiger partial charge in [-0.3, -0.25) is 0 Å². The fraction of sp³-hybridized carbons (Fsp3) is 0.800. The molecule has 2 rings (SSSR count). The zero-order valence-corrected chi connectivity index (χ0v) is 9.60. The zero-order chi connectivity index (χ0) is 10.2. The topological polar surface area (TPSA) is 51.8 Å². The van der Waals surface area contributed by atoms with Gasteiger partial charge in [-0.15, -0.1) is 21.5 Å². The van der Waals surface area contributed by atoms with Crippen molar-refractivity contribution in [2.75, 3.05) is 6.54 Å². The normalized spacial score (nSPS) is 23.8. The van der Waals surface area contributed by atoms with Crippen LogP contribution in [0.25, 0.3) is 0 Å². The van der Waals surface area contributed by atoms with E-state index in [4.69, 9.17) is 5.73 Å². The van der Waals surface area contributed by atoms with E-state index in [2.05, 4.69) is 24.0 Å². The molecule has 1 saturated carbocycles. The van der Waals surface area contributed by atoms with Crippen molar-refractivity contribution in [1.82, 2.24) is 10.2 Å². The first-order valence-electron chi connectivity index (χ1n) is 5.16. The smallest absolute Gasteiger partial charge is 0.121 e. The molecule has 0 spiro atoms. The van der Waals surface area contributed by atoms with Gasteiger partial charge in [0, 0.05) is 12.3 Å². The maximum absolute atomic E-state index is 5.45. The lowest BCUT2D eigenvalue weighted by molar-refractivity contribution is 0.618. The number of aryl methyl sites for hydroxylation is 1. The van der Waals surface area contributed by atoms with E-state index < -0.39 is 0 Å². The summed E-state index contributed by atoms with van der Waals surface area (Å²) in [6, 6.07) is 0. The summed E-state index contributed by atoms with van der Waals surface area (Å²) in [5, 5.41) is 10.8. The second-order valence-corrected chi connectivity index (χ2v) is 5.77. The molecule has 1 unspecified atom stereocenters. The minimum atomic E-state index is 0.463. The van der Waals surface area contributed by atoms with E-state index >= 15 is 0 Å². The van der Waals surface area contributed by atoms with Crippen molar-refractivity contribution in [2.45, 2.75) is 39.0 Å². The summed E-state index contributed by atoms with van der Waals surface area (Å²) in [5.41, 5.74) is 5.92. The Morgan fingerprint density at radius 1 is 1.50 bits per heavy atom. The van der Waals surface area contributed by atoms with Crippen LogP contribution in [0.3, 0.4) is 0 Å². The summed E-state index contributed by atoms with van der Waals surface area (Å²) in [6.45, 7) is 5.32. The van der Waals surface area contributed by atoms with E-state index in [0.29, 0.717) is 11.3 Å². The highest BCUT2D eigenvalue weighted by molar-refractivity contribution is 7.11. The number of aromatic nitrogens is 2. The second-order valence-electron chi connectivity index (χ2n) is 4.67. The zero-order valence-electron chi connectivity index (χ0n) is 8.79. The Balaban J connectivity index is 1.97. The SMILES string of the molecule is CC1(C)CC1c1nnc(CCCN)s1. The van der Waals surface area contributed by atoms with Gasteiger partial charge in [0.2, 0.25) is 0 Å². The van der Waals surface area contributed by atoms with E-state index in [1.165, 1.54) is 11.4 Å². The molecule has 0 amide bonds. The van der Waals surface area contributed by atoms with Gasteiger partial charge < -0.3 is 5.73 Å². The van der Waals surface area contributed by atoms with Gasteiger partial charge in [0.05, 0.1) is 0 Å². The third-order valence-electron chi connectivity index (χ3n) is 2.89. The van der Waals surface area contributed by atoms with Gasteiger partial charge in [-0.05, 0) is 24.8 Å². The largest absolute Gasteiger partial charge is 0.330 e. The van der Waals surface area contributed by atoms with Crippen LogP contribution in [0.2, 0.25) is 0 Å². The first kappa shape index (κ1) is 10.1. The summed E-state index contributed by atoms with van der Waals surface area (Å²) in [4.78, 5) is 0. The molecule has 78 valence electrons. The molecule has 0 bridgehead atoms. The van der Waals surface area contributed by atoms with Crippen LogP contribution >= 0.6 is 11.3 Å². The third-order valence-corrected chi connectivity index (χ3v) is 3.99. The minimum Gasteiger partial charge on any atom is -0.330 e. The van der Waals surface area contributed by atoms with Crippen LogP contribution < -0.4 is 5.73 Å².